The van der Waals surface area contributed by atoms with Gasteiger partial charge in [-0.15, -0.1) is 5.10 Å². The first kappa shape index (κ1) is 9.70. The summed E-state index contributed by atoms with van der Waals surface area (Å²) in [6, 6.07) is 0. The van der Waals surface area contributed by atoms with E-state index in [9.17, 15) is 0 Å². The molecule has 0 unspecified atom stereocenters. The van der Waals surface area contributed by atoms with Crippen LogP contribution < -0.4 is 4.74 Å². The predicted molar refractivity (Wildman–Crippen MR) is 52.4 cm³/mol. The second kappa shape index (κ2) is 3.72. The minimum atomic E-state index is 0.500. The van der Waals surface area contributed by atoms with Crippen LogP contribution in [0.25, 0.3) is 11.6 Å². The third-order valence-corrected chi connectivity index (χ3v) is 1.96. The lowest BCUT2D eigenvalue weighted by atomic mass is 10.3. The molecule has 0 amide bonds. The molecule has 0 radical (unpaired) electrons. The van der Waals surface area contributed by atoms with Gasteiger partial charge in [0.05, 0.1) is 12.2 Å². The zero-order chi connectivity index (χ0) is 10.8. The highest BCUT2D eigenvalue weighted by Crippen LogP contribution is 2.26. The quantitative estimate of drug-likeness (QED) is 0.757. The molecule has 2 heterocycles. The Morgan fingerprint density at radius 3 is 2.93 bits per heavy atom. The summed E-state index contributed by atoms with van der Waals surface area (Å²) in [5, 5.41) is 7.94. The zero-order valence-electron chi connectivity index (χ0n) is 8.89. The largest absolute Gasteiger partial charge is 0.476 e. The maximum Gasteiger partial charge on any atom is 0.257 e. The molecule has 6 heteroatoms. The van der Waals surface area contributed by atoms with Crippen LogP contribution in [0.5, 0.6) is 5.88 Å². The monoisotopic (exact) mass is 208 g/mol. The molecule has 80 valence electrons. The molecule has 2 rings (SSSR count). The van der Waals surface area contributed by atoms with E-state index in [-0.39, 0.29) is 0 Å². The topological polar surface area (TPSA) is 66.0 Å². The van der Waals surface area contributed by atoms with Crippen molar-refractivity contribution in [3.63, 3.8) is 0 Å². The summed E-state index contributed by atoms with van der Waals surface area (Å²) in [7, 11) is 1.80. The summed E-state index contributed by atoms with van der Waals surface area (Å²) in [5.41, 5.74) is 0.822. The Morgan fingerprint density at radius 2 is 2.33 bits per heavy atom. The van der Waals surface area contributed by atoms with Crippen molar-refractivity contribution in [3.05, 3.63) is 11.9 Å². The van der Waals surface area contributed by atoms with Gasteiger partial charge in [0.15, 0.2) is 0 Å². The first-order valence-electron chi connectivity index (χ1n) is 4.67. The van der Waals surface area contributed by atoms with E-state index in [4.69, 9.17) is 9.26 Å². The molecular formula is C9H12N4O2. The Labute approximate surface area is 86.9 Å². The molecule has 0 fully saturated rings. The molecule has 0 saturated heterocycles. The Morgan fingerprint density at radius 1 is 1.53 bits per heavy atom. The third-order valence-electron chi connectivity index (χ3n) is 1.96. The van der Waals surface area contributed by atoms with Crippen LogP contribution >= 0.6 is 0 Å². The molecule has 2 aromatic heterocycles. The lowest BCUT2D eigenvalue weighted by molar-refractivity contribution is 0.295. The van der Waals surface area contributed by atoms with Crippen molar-refractivity contribution in [1.82, 2.24) is 19.9 Å². The van der Waals surface area contributed by atoms with Gasteiger partial charge < -0.3 is 9.26 Å². The second-order valence-corrected chi connectivity index (χ2v) is 3.12. The number of nitrogens with zero attached hydrogens (tertiary/aromatic N) is 4. The number of hydrogen-bond donors (Lipinski definition) is 0. The second-order valence-electron chi connectivity index (χ2n) is 3.12. The minimum absolute atomic E-state index is 0.500. The molecule has 0 N–H and O–H groups in total. The molecule has 15 heavy (non-hydrogen) atoms. The number of aromatic nitrogens is 4. The van der Waals surface area contributed by atoms with Gasteiger partial charge in [0.2, 0.25) is 11.6 Å². The van der Waals surface area contributed by atoms with Crippen molar-refractivity contribution in [2.75, 3.05) is 6.61 Å². The van der Waals surface area contributed by atoms with Gasteiger partial charge in [-0.05, 0) is 19.0 Å². The van der Waals surface area contributed by atoms with Crippen LogP contribution in [0.4, 0.5) is 0 Å². The van der Waals surface area contributed by atoms with Gasteiger partial charge in [0, 0.05) is 7.05 Å². The van der Waals surface area contributed by atoms with E-state index in [0.717, 1.165) is 5.56 Å². The lowest BCUT2D eigenvalue weighted by Crippen LogP contribution is -1.93. The van der Waals surface area contributed by atoms with Gasteiger partial charge in [0.25, 0.3) is 5.88 Å². The number of hydrogen-bond acceptors (Lipinski definition) is 5. The summed E-state index contributed by atoms with van der Waals surface area (Å²) >= 11 is 0. The third kappa shape index (κ3) is 1.70. The normalized spacial score (nSPS) is 10.6. The van der Waals surface area contributed by atoms with Gasteiger partial charge in [-0.3, -0.25) is 4.68 Å². The van der Waals surface area contributed by atoms with Crippen LogP contribution in [0.15, 0.2) is 10.9 Å². The van der Waals surface area contributed by atoms with E-state index >= 15 is 0 Å². The number of aryl methyl sites for hydroxylation is 1. The fraction of sp³-hybridized carbons (Fsp3) is 0.444. The molecule has 0 spiro atoms. The maximum absolute atomic E-state index is 5.28. The van der Waals surface area contributed by atoms with Crippen LogP contribution in [-0.4, -0.2) is 26.5 Å². The fourth-order valence-corrected chi connectivity index (χ4v) is 1.24. The fourth-order valence-electron chi connectivity index (χ4n) is 1.24. The maximum atomic E-state index is 5.28. The first-order valence-corrected chi connectivity index (χ1v) is 4.67. The Hall–Kier alpha value is -1.85. The highest BCUT2D eigenvalue weighted by molar-refractivity contribution is 5.54. The van der Waals surface area contributed by atoms with Crippen LogP contribution in [0.2, 0.25) is 0 Å². The molecule has 0 aromatic carbocycles. The van der Waals surface area contributed by atoms with Crippen LogP contribution in [-0.2, 0) is 7.05 Å². The minimum Gasteiger partial charge on any atom is -0.476 e. The van der Waals surface area contributed by atoms with E-state index in [0.29, 0.717) is 24.1 Å². The summed E-state index contributed by atoms with van der Waals surface area (Å²) < 4.78 is 12.0. The molecule has 0 aliphatic carbocycles. The Kier molecular flexibility index (Phi) is 2.40. The average Bonchev–Trinajstić information content (AvgIpc) is 2.76. The average molecular weight is 208 g/mol. The van der Waals surface area contributed by atoms with Crippen LogP contribution in [0, 0.1) is 6.92 Å². The summed E-state index contributed by atoms with van der Waals surface area (Å²) in [5.74, 6) is 1.58. The van der Waals surface area contributed by atoms with E-state index in [1.54, 1.807) is 18.1 Å². The number of rotatable bonds is 3. The molecule has 6 nitrogen and oxygen atoms in total. The van der Waals surface area contributed by atoms with Crippen molar-refractivity contribution >= 4 is 0 Å². The zero-order valence-corrected chi connectivity index (χ0v) is 8.89. The van der Waals surface area contributed by atoms with Gasteiger partial charge in [-0.25, -0.2) is 4.98 Å². The van der Waals surface area contributed by atoms with Crippen molar-refractivity contribution < 1.29 is 9.26 Å². The molecular weight excluding hydrogens is 196 g/mol. The van der Waals surface area contributed by atoms with E-state index < -0.39 is 0 Å². The summed E-state index contributed by atoms with van der Waals surface area (Å²) in [6.45, 7) is 4.32. The van der Waals surface area contributed by atoms with Gasteiger partial charge >= 0.3 is 0 Å². The van der Waals surface area contributed by atoms with Crippen molar-refractivity contribution in [2.45, 2.75) is 13.8 Å². The highest BCUT2D eigenvalue weighted by Gasteiger charge is 2.17. The molecule has 0 aliphatic heterocycles. The Balaban J connectivity index is 2.37. The smallest absolute Gasteiger partial charge is 0.257 e. The van der Waals surface area contributed by atoms with E-state index in [1.165, 1.54) is 0 Å². The molecule has 0 aliphatic rings. The summed E-state index contributed by atoms with van der Waals surface area (Å²) in [4.78, 5) is 4.08. The van der Waals surface area contributed by atoms with Crippen molar-refractivity contribution in [3.8, 4) is 17.5 Å². The standard InChI is InChI=1S/C9H12N4O2/c1-4-14-9-6(2)7(15-12-9)8-10-5-13(3)11-8/h5H,4H2,1-3H3. The summed E-state index contributed by atoms with van der Waals surface area (Å²) in [6.07, 6.45) is 1.61. The highest BCUT2D eigenvalue weighted by atomic mass is 16.5. The SMILES string of the molecule is CCOc1noc(-c2ncn(C)n2)c1C. The van der Waals surface area contributed by atoms with Gasteiger partial charge in [-0.2, -0.15) is 0 Å². The Bertz CT molecular complexity index is 460. The molecule has 0 bridgehead atoms. The number of ether oxygens (including phenoxy) is 1. The van der Waals surface area contributed by atoms with E-state index in [1.807, 2.05) is 13.8 Å². The van der Waals surface area contributed by atoms with E-state index in [2.05, 4.69) is 15.2 Å². The van der Waals surface area contributed by atoms with Gasteiger partial charge in [0.1, 0.15) is 6.33 Å². The first-order chi connectivity index (χ1) is 7.22. The lowest BCUT2D eigenvalue weighted by Gasteiger charge is -1.96. The molecule has 2 aromatic rings. The molecule has 0 saturated carbocycles. The van der Waals surface area contributed by atoms with Crippen LogP contribution in [0.1, 0.15) is 12.5 Å². The van der Waals surface area contributed by atoms with Crippen LogP contribution in [0.3, 0.4) is 0 Å². The van der Waals surface area contributed by atoms with Crippen molar-refractivity contribution in [1.29, 1.82) is 0 Å². The predicted octanol–water partition coefficient (Wildman–Crippen LogP) is 1.18. The molecule has 0 atom stereocenters. The van der Waals surface area contributed by atoms with Crippen molar-refractivity contribution in [2.24, 2.45) is 7.05 Å². The van der Waals surface area contributed by atoms with Gasteiger partial charge in [-0.1, -0.05) is 0 Å².